The Morgan fingerprint density at radius 3 is 1.31 bits per heavy atom. The third-order valence-corrected chi connectivity index (χ3v) is 16.9. The molecule has 4 aromatic heterocycles. The van der Waals surface area contributed by atoms with Gasteiger partial charge in [-0.25, -0.2) is 0 Å². The van der Waals surface area contributed by atoms with Gasteiger partial charge in [-0.3, -0.25) is 0 Å². The van der Waals surface area contributed by atoms with Crippen molar-refractivity contribution < 1.29 is 8.83 Å². The first-order chi connectivity index (χ1) is 32.8. The molecule has 0 unspecified atom stereocenters. The Balaban J connectivity index is 1.10. The van der Waals surface area contributed by atoms with E-state index in [0.717, 1.165) is 55.6 Å². The molecule has 0 atom stereocenters. The van der Waals surface area contributed by atoms with Crippen molar-refractivity contribution in [1.29, 1.82) is 0 Å². The molecule has 6 heterocycles. The molecule has 2 aliphatic rings. The Morgan fingerprint density at radius 1 is 0.471 bits per heavy atom. The van der Waals surface area contributed by atoms with Crippen molar-refractivity contribution in [2.24, 2.45) is 0 Å². The third-order valence-electron chi connectivity index (χ3n) is 14.6. The van der Waals surface area contributed by atoms with Gasteiger partial charge in [-0.2, -0.15) is 0 Å². The Kier molecular flexibility index (Phi) is 9.04. The van der Waals surface area contributed by atoms with Crippen LogP contribution in [0.3, 0.4) is 0 Å². The number of anilines is 6. The van der Waals surface area contributed by atoms with E-state index in [0.29, 0.717) is 5.92 Å². The van der Waals surface area contributed by atoms with E-state index in [1.54, 1.807) is 0 Å². The Hall–Kier alpha value is -6.80. The predicted octanol–water partition coefficient (Wildman–Crippen LogP) is 16.7. The minimum Gasteiger partial charge on any atom is -0.464 e. The topological polar surface area (TPSA) is 32.8 Å². The highest BCUT2D eigenvalue weighted by atomic mass is 32.1. The average Bonchev–Trinajstić information content (AvgIpc) is 4.14. The summed E-state index contributed by atoms with van der Waals surface area (Å²) < 4.78 is 14.7. The predicted molar refractivity (Wildman–Crippen MR) is 293 cm³/mol. The number of nitrogens with zero attached hydrogens (tertiary/aromatic N) is 2. The number of hydrogen-bond acceptors (Lipinski definition) is 6. The smallest absolute Gasteiger partial charge is 0.256 e. The van der Waals surface area contributed by atoms with E-state index in [2.05, 4.69) is 187 Å². The second kappa shape index (κ2) is 14.9. The first kappa shape index (κ1) is 41.4. The number of furan rings is 2. The van der Waals surface area contributed by atoms with Gasteiger partial charge in [-0.05, 0) is 132 Å². The van der Waals surface area contributed by atoms with Crippen LogP contribution in [0.1, 0.15) is 78.0 Å². The van der Waals surface area contributed by atoms with Crippen molar-refractivity contribution in [2.75, 3.05) is 9.80 Å². The van der Waals surface area contributed by atoms with Crippen LogP contribution in [-0.4, -0.2) is 6.71 Å². The van der Waals surface area contributed by atoms with Gasteiger partial charge in [-0.1, -0.05) is 140 Å². The summed E-state index contributed by atoms with van der Waals surface area (Å²) in [6.07, 6.45) is 3.80. The van der Waals surface area contributed by atoms with Crippen molar-refractivity contribution >= 4 is 121 Å². The molecule has 0 fully saturated rings. The van der Waals surface area contributed by atoms with E-state index in [-0.39, 0.29) is 17.5 Å². The lowest BCUT2D eigenvalue weighted by Crippen LogP contribution is -2.60. The molecule has 0 N–H and O–H groups in total. The van der Waals surface area contributed by atoms with Gasteiger partial charge < -0.3 is 18.6 Å². The fourth-order valence-corrected chi connectivity index (χ4v) is 13.3. The molecule has 11 aromatic rings. The van der Waals surface area contributed by atoms with Crippen molar-refractivity contribution in [3.63, 3.8) is 0 Å². The SMILES string of the molecule is CC(C)c1cc2c3c(c1)N(c1ccc(-c4coc5ccccc45)cc1)c1sc4ccc(C(C)(C)C)cc4c1B3c1c(sc3ccc(C(C)(C)C)cc13)N2c1ccc(-c2coc3ccccc23)cc1. The third kappa shape index (κ3) is 6.25. The number of rotatable bonds is 5. The quantitative estimate of drug-likeness (QED) is 0.161. The zero-order valence-corrected chi connectivity index (χ0v) is 41.3. The summed E-state index contributed by atoms with van der Waals surface area (Å²) in [5, 5.41) is 7.53. The summed E-state index contributed by atoms with van der Waals surface area (Å²) in [5.74, 6) is 0.295. The van der Waals surface area contributed by atoms with Gasteiger partial charge in [0.05, 0.1) is 22.5 Å². The van der Waals surface area contributed by atoms with Crippen molar-refractivity contribution in [1.82, 2.24) is 0 Å². The van der Waals surface area contributed by atoms with Crippen LogP contribution in [0.4, 0.5) is 32.8 Å². The molecule has 0 saturated heterocycles. The normalized spacial score (nSPS) is 13.6. The van der Waals surface area contributed by atoms with Gasteiger partial charge >= 0.3 is 0 Å². The van der Waals surface area contributed by atoms with Gasteiger partial charge in [0, 0.05) is 54.0 Å². The highest BCUT2D eigenvalue weighted by molar-refractivity contribution is 7.29. The van der Waals surface area contributed by atoms with Gasteiger partial charge in [0.15, 0.2) is 0 Å². The summed E-state index contributed by atoms with van der Waals surface area (Å²) in [7, 11) is 0. The Labute approximate surface area is 406 Å². The molecule has 0 bridgehead atoms. The van der Waals surface area contributed by atoms with Crippen LogP contribution in [0.25, 0.3) is 64.4 Å². The average molecular weight is 919 g/mol. The van der Waals surface area contributed by atoms with E-state index in [1.807, 2.05) is 59.5 Å². The zero-order valence-electron chi connectivity index (χ0n) is 39.7. The number of hydrogen-bond donors (Lipinski definition) is 0. The maximum atomic E-state index is 6.04. The van der Waals surface area contributed by atoms with Crippen LogP contribution < -0.4 is 26.2 Å². The number of fused-ring (bicyclic) bond motifs is 10. The van der Waals surface area contributed by atoms with Crippen LogP contribution >= 0.6 is 22.7 Å². The highest BCUT2D eigenvalue weighted by Crippen LogP contribution is 2.52. The van der Waals surface area contributed by atoms with Crippen molar-refractivity contribution in [2.45, 2.75) is 72.1 Å². The minimum absolute atomic E-state index is 0.000199. The minimum atomic E-state index is -0.0141. The molecule has 2 aliphatic heterocycles. The summed E-state index contributed by atoms with van der Waals surface area (Å²) in [6, 6.07) is 54.5. The summed E-state index contributed by atoms with van der Waals surface area (Å²) in [6.45, 7) is 18.7. The molecule has 0 radical (unpaired) electrons. The van der Waals surface area contributed by atoms with E-state index >= 15 is 0 Å². The van der Waals surface area contributed by atoms with Gasteiger partial charge in [0.25, 0.3) is 6.71 Å². The molecule has 68 heavy (non-hydrogen) atoms. The second-order valence-electron chi connectivity index (χ2n) is 21.2. The maximum Gasteiger partial charge on any atom is 0.256 e. The van der Waals surface area contributed by atoms with E-state index in [1.165, 1.54) is 74.6 Å². The van der Waals surface area contributed by atoms with Crippen LogP contribution in [0, 0.1) is 0 Å². The molecular weight excluding hydrogens is 868 g/mol. The van der Waals surface area contributed by atoms with Crippen LogP contribution in [0.2, 0.25) is 0 Å². The molecule has 7 heteroatoms. The molecule has 13 rings (SSSR count). The molecule has 0 amide bonds. The number of para-hydroxylation sites is 2. The first-order valence-corrected chi connectivity index (χ1v) is 25.5. The van der Waals surface area contributed by atoms with Gasteiger partial charge in [0.2, 0.25) is 0 Å². The van der Waals surface area contributed by atoms with Crippen LogP contribution in [0.5, 0.6) is 0 Å². The molecule has 0 aliphatic carbocycles. The summed E-state index contributed by atoms with van der Waals surface area (Å²) >= 11 is 3.87. The molecule has 0 spiro atoms. The number of thiophene rings is 2. The molecular formula is C61H51BN2O2S2. The number of benzene rings is 7. The van der Waals surface area contributed by atoms with Crippen LogP contribution in [-0.2, 0) is 10.8 Å². The second-order valence-corrected chi connectivity index (χ2v) is 23.2. The fraction of sp³-hybridized carbons (Fsp3) is 0.180. The molecule has 332 valence electrons. The first-order valence-electron chi connectivity index (χ1n) is 23.9. The molecule has 7 aromatic carbocycles. The van der Waals surface area contributed by atoms with Crippen molar-refractivity contribution in [3.8, 4) is 22.3 Å². The highest BCUT2D eigenvalue weighted by Gasteiger charge is 2.47. The largest absolute Gasteiger partial charge is 0.464 e. The fourth-order valence-electron chi connectivity index (χ4n) is 10.8. The van der Waals surface area contributed by atoms with Crippen LogP contribution in [0.15, 0.2) is 167 Å². The van der Waals surface area contributed by atoms with E-state index in [9.17, 15) is 0 Å². The lowest BCUT2D eigenvalue weighted by molar-refractivity contribution is 0.591. The zero-order chi connectivity index (χ0) is 46.4. The lowest BCUT2D eigenvalue weighted by atomic mass is 9.33. The Morgan fingerprint density at radius 2 is 0.897 bits per heavy atom. The van der Waals surface area contributed by atoms with E-state index in [4.69, 9.17) is 8.83 Å². The molecule has 4 nitrogen and oxygen atoms in total. The van der Waals surface area contributed by atoms with E-state index < -0.39 is 0 Å². The molecule has 0 saturated carbocycles. The summed E-state index contributed by atoms with van der Waals surface area (Å²) in [5.41, 5.74) is 19.2. The Bertz CT molecular complexity index is 3570. The lowest BCUT2D eigenvalue weighted by Gasteiger charge is -2.42. The van der Waals surface area contributed by atoms with Gasteiger partial charge in [-0.15, -0.1) is 22.7 Å². The summed E-state index contributed by atoms with van der Waals surface area (Å²) in [4.78, 5) is 5.20. The standard InChI is InChI=1S/C61H51BN2O2S2/c1-35(2)38-29-49-57-50(30-38)64(42-25-19-37(20-26-42)48-34-66-52-16-12-10-14-44(48)52)59-56(46-32-40(61(6,7)8)22-28-54(46)68-59)62(57)55-45-31-39(60(3,4)5)21-27-53(45)67-58(55)63(49)41-23-17-36(18-24-41)47-33-65-51-15-11-9-13-43(47)51/h9-35H,1-8H3. The van der Waals surface area contributed by atoms with Crippen molar-refractivity contribution in [3.05, 3.63) is 175 Å². The maximum absolute atomic E-state index is 6.04. The monoisotopic (exact) mass is 918 g/mol. The van der Waals surface area contributed by atoms with Gasteiger partial charge in [0.1, 0.15) is 11.2 Å².